The fourth-order valence-corrected chi connectivity index (χ4v) is 2.68. The van der Waals surface area contributed by atoms with Crippen molar-refractivity contribution in [3.8, 4) is 0 Å². The highest BCUT2D eigenvalue weighted by molar-refractivity contribution is 9.10. The second kappa shape index (κ2) is 5.33. The molecule has 0 atom stereocenters. The van der Waals surface area contributed by atoms with Crippen molar-refractivity contribution in [2.24, 2.45) is 0 Å². The Balaban J connectivity index is 2.03. The summed E-state index contributed by atoms with van der Waals surface area (Å²) in [4.78, 5) is 4.27. The van der Waals surface area contributed by atoms with E-state index in [1.165, 1.54) is 5.56 Å². The number of hydrogen-bond acceptors (Lipinski definition) is 2. The minimum Gasteiger partial charge on any atom is -0.250 e. The Labute approximate surface area is 102 Å². The van der Waals surface area contributed by atoms with Gasteiger partial charge < -0.3 is 0 Å². The summed E-state index contributed by atoms with van der Waals surface area (Å²) in [7, 11) is 0. The van der Waals surface area contributed by atoms with E-state index in [1.54, 1.807) is 11.8 Å². The molecule has 0 N–H and O–H groups in total. The van der Waals surface area contributed by atoms with Gasteiger partial charge in [0.15, 0.2) is 0 Å². The quantitative estimate of drug-likeness (QED) is 0.784. The summed E-state index contributed by atoms with van der Waals surface area (Å²) in [6.07, 6.45) is 1.82. The molecule has 3 heteroatoms. The van der Waals surface area contributed by atoms with Crippen LogP contribution in [0.3, 0.4) is 0 Å². The molecule has 0 aliphatic heterocycles. The lowest BCUT2D eigenvalue weighted by atomic mass is 10.2. The number of halogens is 1. The number of pyridine rings is 1. The van der Waals surface area contributed by atoms with Crippen molar-refractivity contribution < 1.29 is 0 Å². The summed E-state index contributed by atoms with van der Waals surface area (Å²) in [5, 5.41) is 1.06. The molecular formula is C12H10BrNS. The fourth-order valence-electron chi connectivity index (χ4n) is 1.20. The van der Waals surface area contributed by atoms with Crippen LogP contribution in [0.25, 0.3) is 0 Å². The Morgan fingerprint density at radius 3 is 2.60 bits per heavy atom. The van der Waals surface area contributed by atoms with Crippen molar-refractivity contribution >= 4 is 27.7 Å². The van der Waals surface area contributed by atoms with Crippen molar-refractivity contribution in [3.05, 3.63) is 58.7 Å². The van der Waals surface area contributed by atoms with Gasteiger partial charge in [-0.25, -0.2) is 4.98 Å². The summed E-state index contributed by atoms with van der Waals surface area (Å²) >= 11 is 5.28. The molecule has 0 fully saturated rings. The average Bonchev–Trinajstić information content (AvgIpc) is 2.29. The monoisotopic (exact) mass is 279 g/mol. The molecule has 0 spiro atoms. The van der Waals surface area contributed by atoms with Crippen LogP contribution in [0, 0.1) is 0 Å². The second-order valence-electron chi connectivity index (χ2n) is 3.05. The highest BCUT2D eigenvalue weighted by Crippen LogP contribution is 2.25. The van der Waals surface area contributed by atoms with Crippen LogP contribution in [0.15, 0.2) is 58.2 Å². The van der Waals surface area contributed by atoms with E-state index in [0.717, 1.165) is 15.3 Å². The van der Waals surface area contributed by atoms with Gasteiger partial charge >= 0.3 is 0 Å². The van der Waals surface area contributed by atoms with Crippen molar-refractivity contribution in [2.45, 2.75) is 10.8 Å². The Bertz CT molecular complexity index is 431. The molecule has 0 unspecified atom stereocenters. The topological polar surface area (TPSA) is 12.9 Å². The van der Waals surface area contributed by atoms with Gasteiger partial charge in [0.25, 0.3) is 0 Å². The molecule has 0 amide bonds. The lowest BCUT2D eigenvalue weighted by Gasteiger charge is -2.03. The second-order valence-corrected chi connectivity index (χ2v) is 4.90. The van der Waals surface area contributed by atoms with Crippen LogP contribution < -0.4 is 0 Å². The number of aromatic nitrogens is 1. The molecule has 76 valence electrons. The predicted molar refractivity (Wildman–Crippen MR) is 67.9 cm³/mol. The molecule has 0 aliphatic carbocycles. The Morgan fingerprint density at radius 2 is 1.87 bits per heavy atom. The smallest absolute Gasteiger partial charge is 0.0963 e. The van der Waals surface area contributed by atoms with E-state index >= 15 is 0 Å². The van der Waals surface area contributed by atoms with Crippen molar-refractivity contribution in [2.75, 3.05) is 0 Å². The van der Waals surface area contributed by atoms with Gasteiger partial charge in [-0.3, -0.25) is 0 Å². The van der Waals surface area contributed by atoms with Gasteiger partial charge in [-0.05, 0) is 23.8 Å². The third-order valence-corrected chi connectivity index (χ3v) is 3.74. The largest absolute Gasteiger partial charge is 0.250 e. The third-order valence-electron chi connectivity index (χ3n) is 1.97. The predicted octanol–water partition coefficient (Wildman–Crippen LogP) is 4.14. The third kappa shape index (κ3) is 3.08. The first-order valence-corrected chi connectivity index (χ1v) is 6.41. The summed E-state index contributed by atoms with van der Waals surface area (Å²) in [5.41, 5.74) is 1.30. The van der Waals surface area contributed by atoms with Crippen LogP contribution >= 0.6 is 27.7 Å². The van der Waals surface area contributed by atoms with Gasteiger partial charge in [0, 0.05) is 16.4 Å². The number of nitrogens with zero attached hydrogens (tertiary/aromatic N) is 1. The summed E-state index contributed by atoms with van der Waals surface area (Å²) < 4.78 is 1.16. The minimum atomic E-state index is 0.943. The number of benzene rings is 1. The molecule has 2 aromatic rings. The lowest BCUT2D eigenvalue weighted by Crippen LogP contribution is -1.83. The maximum atomic E-state index is 4.27. The summed E-state index contributed by atoms with van der Waals surface area (Å²) in [5.74, 6) is 0.943. The SMILES string of the molecule is Brc1ccccc1CSc1ccccn1. The molecule has 0 saturated carbocycles. The average molecular weight is 280 g/mol. The zero-order valence-electron chi connectivity index (χ0n) is 8.06. The van der Waals surface area contributed by atoms with Crippen LogP contribution in [0.2, 0.25) is 0 Å². The molecule has 0 bridgehead atoms. The Hall–Kier alpha value is -0.800. The molecule has 15 heavy (non-hydrogen) atoms. The highest BCUT2D eigenvalue weighted by Gasteiger charge is 1.99. The van der Waals surface area contributed by atoms with Crippen molar-refractivity contribution in [1.82, 2.24) is 4.98 Å². The normalized spacial score (nSPS) is 10.2. The molecule has 1 aromatic carbocycles. The minimum absolute atomic E-state index is 0.943. The van der Waals surface area contributed by atoms with E-state index in [1.807, 2.05) is 30.5 Å². The van der Waals surface area contributed by atoms with Crippen molar-refractivity contribution in [1.29, 1.82) is 0 Å². The zero-order chi connectivity index (χ0) is 10.5. The summed E-state index contributed by atoms with van der Waals surface area (Å²) in [6.45, 7) is 0. The van der Waals surface area contributed by atoms with E-state index in [9.17, 15) is 0 Å². The van der Waals surface area contributed by atoms with Crippen LogP contribution in [-0.2, 0) is 5.75 Å². The van der Waals surface area contributed by atoms with Gasteiger partial charge in [-0.15, -0.1) is 11.8 Å². The maximum absolute atomic E-state index is 4.27. The molecule has 1 heterocycles. The number of thioether (sulfide) groups is 1. The Kier molecular flexibility index (Phi) is 3.80. The standard InChI is InChI=1S/C12H10BrNS/c13-11-6-2-1-5-10(11)9-15-12-7-3-4-8-14-12/h1-8H,9H2. The van der Waals surface area contributed by atoms with Gasteiger partial charge in [0.2, 0.25) is 0 Å². The van der Waals surface area contributed by atoms with E-state index < -0.39 is 0 Å². The first-order chi connectivity index (χ1) is 7.36. The maximum Gasteiger partial charge on any atom is 0.0963 e. The number of rotatable bonds is 3. The van der Waals surface area contributed by atoms with Crippen LogP contribution in [0.5, 0.6) is 0 Å². The van der Waals surface area contributed by atoms with E-state index in [4.69, 9.17) is 0 Å². The van der Waals surface area contributed by atoms with Gasteiger partial charge in [0.1, 0.15) is 0 Å². The molecule has 0 aliphatic rings. The first kappa shape index (κ1) is 10.7. The van der Waals surface area contributed by atoms with Crippen LogP contribution in [-0.4, -0.2) is 4.98 Å². The Morgan fingerprint density at radius 1 is 1.07 bits per heavy atom. The lowest BCUT2D eigenvalue weighted by molar-refractivity contribution is 1.13. The fraction of sp³-hybridized carbons (Fsp3) is 0.0833. The van der Waals surface area contributed by atoms with Gasteiger partial charge in [-0.2, -0.15) is 0 Å². The molecule has 1 nitrogen and oxygen atoms in total. The highest BCUT2D eigenvalue weighted by atomic mass is 79.9. The van der Waals surface area contributed by atoms with Gasteiger partial charge in [0.05, 0.1) is 5.03 Å². The zero-order valence-corrected chi connectivity index (χ0v) is 10.5. The van der Waals surface area contributed by atoms with E-state index in [0.29, 0.717) is 0 Å². The van der Waals surface area contributed by atoms with E-state index in [-0.39, 0.29) is 0 Å². The van der Waals surface area contributed by atoms with E-state index in [2.05, 4.69) is 39.1 Å². The number of hydrogen-bond donors (Lipinski definition) is 0. The first-order valence-electron chi connectivity index (χ1n) is 4.63. The summed E-state index contributed by atoms with van der Waals surface area (Å²) in [6, 6.07) is 14.2. The molecule has 2 rings (SSSR count). The molecule has 1 aromatic heterocycles. The van der Waals surface area contributed by atoms with Gasteiger partial charge in [-0.1, -0.05) is 40.2 Å². The van der Waals surface area contributed by atoms with Crippen molar-refractivity contribution in [3.63, 3.8) is 0 Å². The van der Waals surface area contributed by atoms with Crippen LogP contribution in [0.1, 0.15) is 5.56 Å². The molecule has 0 radical (unpaired) electrons. The molecular weight excluding hydrogens is 270 g/mol. The van der Waals surface area contributed by atoms with Crippen LogP contribution in [0.4, 0.5) is 0 Å². The molecule has 0 saturated heterocycles.